The van der Waals surface area contributed by atoms with Gasteiger partial charge < -0.3 is 10.3 Å². The van der Waals surface area contributed by atoms with Gasteiger partial charge in [-0.3, -0.25) is 0 Å². The van der Waals surface area contributed by atoms with Gasteiger partial charge in [-0.05, 0) is 12.5 Å². The van der Waals surface area contributed by atoms with Gasteiger partial charge in [0.1, 0.15) is 6.54 Å². The zero-order valence-electron chi connectivity index (χ0n) is 10.7. The highest BCUT2D eigenvalue weighted by atomic mass is 16.5. The van der Waals surface area contributed by atoms with Crippen molar-refractivity contribution >= 4 is 0 Å². The van der Waals surface area contributed by atoms with Crippen molar-refractivity contribution in [3.05, 3.63) is 23.6 Å². The topological polar surface area (TPSA) is 95.7 Å². The fourth-order valence-corrected chi connectivity index (χ4v) is 1.61. The van der Waals surface area contributed by atoms with Crippen molar-refractivity contribution in [1.82, 2.24) is 25.1 Å². The van der Waals surface area contributed by atoms with Crippen molar-refractivity contribution in [2.24, 2.45) is 11.7 Å². The van der Waals surface area contributed by atoms with E-state index in [0.717, 1.165) is 18.5 Å². The van der Waals surface area contributed by atoms with E-state index in [1.807, 2.05) is 6.20 Å². The maximum Gasteiger partial charge on any atom is 0.226 e. The molecule has 2 N–H and O–H groups in total. The molecule has 0 bridgehead atoms. The molecule has 0 aliphatic carbocycles. The molecule has 2 heterocycles. The molecule has 0 saturated carbocycles. The third kappa shape index (κ3) is 3.36. The summed E-state index contributed by atoms with van der Waals surface area (Å²) in [5.41, 5.74) is 6.33. The quantitative estimate of drug-likeness (QED) is 0.797. The molecule has 0 aliphatic heterocycles. The molecule has 0 unspecified atom stereocenters. The maximum absolute atomic E-state index is 5.46. The predicted octanol–water partition coefficient (Wildman–Crippen LogP) is 0.409. The molecular formula is C11H18N6O. The Morgan fingerprint density at radius 2 is 2.28 bits per heavy atom. The minimum absolute atomic E-state index is 0.471. The first-order valence-corrected chi connectivity index (χ1v) is 6.08. The van der Waals surface area contributed by atoms with Crippen LogP contribution in [0.2, 0.25) is 0 Å². The molecule has 0 spiro atoms. The van der Waals surface area contributed by atoms with Gasteiger partial charge in [0.05, 0.1) is 5.69 Å². The Labute approximate surface area is 105 Å². The van der Waals surface area contributed by atoms with Gasteiger partial charge >= 0.3 is 0 Å². The summed E-state index contributed by atoms with van der Waals surface area (Å²) in [5.74, 6) is 1.79. The molecule has 0 aromatic carbocycles. The van der Waals surface area contributed by atoms with Crippen LogP contribution in [0.1, 0.15) is 31.3 Å². The molecule has 0 fully saturated rings. The van der Waals surface area contributed by atoms with Gasteiger partial charge in [0, 0.05) is 19.0 Å². The first-order chi connectivity index (χ1) is 8.67. The zero-order chi connectivity index (χ0) is 13.0. The molecule has 2 rings (SSSR count). The Hall–Kier alpha value is -1.76. The molecular weight excluding hydrogens is 232 g/mol. The molecule has 98 valence electrons. The number of hydrogen-bond donors (Lipinski definition) is 1. The number of aromatic nitrogens is 5. The van der Waals surface area contributed by atoms with Gasteiger partial charge in [0.15, 0.2) is 5.82 Å². The molecule has 18 heavy (non-hydrogen) atoms. The Bertz CT molecular complexity index is 489. The summed E-state index contributed by atoms with van der Waals surface area (Å²) in [6.07, 6.45) is 3.37. The Morgan fingerprint density at radius 1 is 1.44 bits per heavy atom. The summed E-state index contributed by atoms with van der Waals surface area (Å²) in [6, 6.07) is 0. The van der Waals surface area contributed by atoms with Crippen molar-refractivity contribution < 1.29 is 4.52 Å². The lowest BCUT2D eigenvalue weighted by molar-refractivity contribution is 0.357. The van der Waals surface area contributed by atoms with Gasteiger partial charge in [0.2, 0.25) is 5.89 Å². The van der Waals surface area contributed by atoms with E-state index < -0.39 is 0 Å². The van der Waals surface area contributed by atoms with Crippen LogP contribution < -0.4 is 5.73 Å². The summed E-state index contributed by atoms with van der Waals surface area (Å²) < 4.78 is 6.85. The summed E-state index contributed by atoms with van der Waals surface area (Å²) in [4.78, 5) is 4.31. The minimum Gasteiger partial charge on any atom is -0.339 e. The highest BCUT2D eigenvalue weighted by Gasteiger charge is 2.09. The van der Waals surface area contributed by atoms with Crippen LogP contribution in [0, 0.1) is 5.92 Å². The van der Waals surface area contributed by atoms with E-state index in [4.69, 9.17) is 10.3 Å². The SMILES string of the molecule is CC(C)Cc1nc(Cn2cc(CCN)nn2)no1. The number of rotatable bonds is 6. The van der Waals surface area contributed by atoms with Crippen LogP contribution in [-0.2, 0) is 19.4 Å². The van der Waals surface area contributed by atoms with Crippen molar-refractivity contribution in [1.29, 1.82) is 0 Å². The second kappa shape index (κ2) is 5.72. The van der Waals surface area contributed by atoms with E-state index >= 15 is 0 Å². The van der Waals surface area contributed by atoms with Crippen LogP contribution in [0.3, 0.4) is 0 Å². The van der Waals surface area contributed by atoms with Crippen molar-refractivity contribution in [3.8, 4) is 0 Å². The van der Waals surface area contributed by atoms with Crippen LogP contribution >= 0.6 is 0 Å². The van der Waals surface area contributed by atoms with E-state index in [2.05, 4.69) is 34.3 Å². The zero-order valence-corrected chi connectivity index (χ0v) is 10.7. The monoisotopic (exact) mass is 250 g/mol. The normalized spacial score (nSPS) is 11.3. The van der Waals surface area contributed by atoms with E-state index in [1.54, 1.807) is 4.68 Å². The summed E-state index contributed by atoms with van der Waals surface area (Å²) in [6.45, 7) is 5.26. The van der Waals surface area contributed by atoms with Gasteiger partial charge in [0.25, 0.3) is 0 Å². The fourth-order valence-electron chi connectivity index (χ4n) is 1.61. The van der Waals surface area contributed by atoms with Crippen LogP contribution in [-0.4, -0.2) is 31.7 Å². The number of hydrogen-bond acceptors (Lipinski definition) is 6. The molecule has 0 atom stereocenters. The summed E-state index contributed by atoms with van der Waals surface area (Å²) >= 11 is 0. The van der Waals surface area contributed by atoms with E-state index in [1.165, 1.54) is 0 Å². The van der Waals surface area contributed by atoms with Gasteiger partial charge in [-0.1, -0.05) is 24.2 Å². The van der Waals surface area contributed by atoms with Crippen LogP contribution in [0.5, 0.6) is 0 Å². The number of nitrogens with two attached hydrogens (primary N) is 1. The average molecular weight is 250 g/mol. The second-order valence-electron chi connectivity index (χ2n) is 4.65. The standard InChI is InChI=1S/C11H18N6O/c1-8(2)5-11-13-10(15-18-11)7-17-6-9(3-4-12)14-16-17/h6,8H,3-5,7,12H2,1-2H3. The Morgan fingerprint density at radius 3 is 3.00 bits per heavy atom. The van der Waals surface area contributed by atoms with Crippen LogP contribution in [0.4, 0.5) is 0 Å². The van der Waals surface area contributed by atoms with Crippen molar-refractivity contribution in [2.75, 3.05) is 6.54 Å². The highest BCUT2D eigenvalue weighted by molar-refractivity contribution is 4.95. The maximum atomic E-state index is 5.46. The fraction of sp³-hybridized carbons (Fsp3) is 0.636. The molecule has 2 aromatic heterocycles. The molecule has 7 nitrogen and oxygen atoms in total. The third-order valence-corrected chi connectivity index (χ3v) is 2.38. The number of nitrogens with zero attached hydrogens (tertiary/aromatic N) is 5. The average Bonchev–Trinajstić information content (AvgIpc) is 2.89. The molecule has 0 aliphatic rings. The van der Waals surface area contributed by atoms with Crippen LogP contribution in [0.25, 0.3) is 0 Å². The van der Waals surface area contributed by atoms with Gasteiger partial charge in [-0.2, -0.15) is 4.98 Å². The van der Waals surface area contributed by atoms with Crippen LogP contribution in [0.15, 0.2) is 10.7 Å². The first-order valence-electron chi connectivity index (χ1n) is 6.08. The molecule has 7 heteroatoms. The molecule has 0 amide bonds. The van der Waals surface area contributed by atoms with Gasteiger partial charge in [-0.15, -0.1) is 5.10 Å². The predicted molar refractivity (Wildman–Crippen MR) is 64.7 cm³/mol. The van der Waals surface area contributed by atoms with E-state index in [-0.39, 0.29) is 0 Å². The van der Waals surface area contributed by atoms with Gasteiger partial charge in [-0.25, -0.2) is 4.68 Å². The molecule has 0 radical (unpaired) electrons. The van der Waals surface area contributed by atoms with E-state index in [0.29, 0.717) is 30.7 Å². The first kappa shape index (κ1) is 12.7. The summed E-state index contributed by atoms with van der Waals surface area (Å²) in [7, 11) is 0. The minimum atomic E-state index is 0.471. The Balaban J connectivity index is 1.97. The largest absolute Gasteiger partial charge is 0.339 e. The van der Waals surface area contributed by atoms with E-state index in [9.17, 15) is 0 Å². The lowest BCUT2D eigenvalue weighted by atomic mass is 10.1. The summed E-state index contributed by atoms with van der Waals surface area (Å²) in [5, 5.41) is 11.9. The van der Waals surface area contributed by atoms with Crippen molar-refractivity contribution in [3.63, 3.8) is 0 Å². The Kier molecular flexibility index (Phi) is 4.03. The van der Waals surface area contributed by atoms with Crippen molar-refractivity contribution in [2.45, 2.75) is 33.2 Å². The lowest BCUT2D eigenvalue weighted by Gasteiger charge is -1.96. The third-order valence-electron chi connectivity index (χ3n) is 2.38. The highest BCUT2D eigenvalue weighted by Crippen LogP contribution is 2.06. The lowest BCUT2D eigenvalue weighted by Crippen LogP contribution is -2.03. The second-order valence-corrected chi connectivity index (χ2v) is 4.65. The molecule has 2 aromatic rings. The smallest absolute Gasteiger partial charge is 0.226 e. The molecule has 0 saturated heterocycles.